The van der Waals surface area contributed by atoms with Crippen LogP contribution in [-0.4, -0.2) is 26.7 Å². The Morgan fingerprint density at radius 2 is 2.19 bits per heavy atom. The molecule has 16 heavy (non-hydrogen) atoms. The molecular formula is C10H8BN3O2. The van der Waals surface area contributed by atoms with Crippen molar-refractivity contribution in [1.29, 1.82) is 5.26 Å². The molecule has 0 spiro atoms. The number of nitrogens with zero attached hydrogens (tertiary/aromatic N) is 3. The Balaban J connectivity index is 2.53. The quantitative estimate of drug-likeness (QED) is 0.654. The number of hydrogen-bond acceptors (Lipinski definition) is 4. The van der Waals surface area contributed by atoms with Crippen LogP contribution in [0.25, 0.3) is 5.69 Å². The molecule has 0 radical (unpaired) electrons. The van der Waals surface area contributed by atoms with Gasteiger partial charge in [-0.2, -0.15) is 5.26 Å². The second kappa shape index (κ2) is 4.19. The van der Waals surface area contributed by atoms with E-state index >= 15 is 0 Å². The fourth-order valence-electron chi connectivity index (χ4n) is 1.43. The maximum absolute atomic E-state index is 8.99. The SMILES string of the molecule is N#Cc1cc(B(O)O)ccc1-n1ccnc1. The number of benzene rings is 1. The average Bonchev–Trinajstić information content (AvgIpc) is 2.81. The fraction of sp³-hybridized carbons (Fsp3) is 0. The van der Waals surface area contributed by atoms with E-state index in [0.717, 1.165) is 0 Å². The van der Waals surface area contributed by atoms with E-state index in [0.29, 0.717) is 16.7 Å². The number of imidazole rings is 1. The molecule has 0 aliphatic rings. The molecule has 0 bridgehead atoms. The smallest absolute Gasteiger partial charge is 0.423 e. The van der Waals surface area contributed by atoms with Crippen LogP contribution in [-0.2, 0) is 0 Å². The summed E-state index contributed by atoms with van der Waals surface area (Å²) in [6.45, 7) is 0. The number of nitriles is 1. The van der Waals surface area contributed by atoms with E-state index in [1.807, 2.05) is 6.07 Å². The Bertz CT molecular complexity index is 531. The number of aromatic nitrogens is 2. The van der Waals surface area contributed by atoms with Crippen molar-refractivity contribution >= 4 is 12.6 Å². The minimum atomic E-state index is -1.57. The molecule has 0 fully saturated rings. The zero-order valence-corrected chi connectivity index (χ0v) is 8.28. The standard InChI is InChI=1S/C10H8BN3O2/c12-6-8-5-9(11(15)16)1-2-10(8)14-4-3-13-7-14/h1-5,7,15-16H. The molecule has 0 amide bonds. The zero-order valence-electron chi connectivity index (χ0n) is 8.28. The predicted molar refractivity (Wildman–Crippen MR) is 58.1 cm³/mol. The van der Waals surface area contributed by atoms with E-state index in [4.69, 9.17) is 15.3 Å². The van der Waals surface area contributed by atoms with Crippen LogP contribution < -0.4 is 5.46 Å². The topological polar surface area (TPSA) is 82.1 Å². The molecule has 2 rings (SSSR count). The molecule has 0 unspecified atom stereocenters. The summed E-state index contributed by atoms with van der Waals surface area (Å²) >= 11 is 0. The van der Waals surface area contributed by atoms with Gasteiger partial charge in [0.25, 0.3) is 0 Å². The van der Waals surface area contributed by atoms with E-state index in [2.05, 4.69) is 4.98 Å². The van der Waals surface area contributed by atoms with Gasteiger partial charge in [0, 0.05) is 12.4 Å². The van der Waals surface area contributed by atoms with Gasteiger partial charge in [0.05, 0.1) is 17.6 Å². The molecule has 2 N–H and O–H groups in total. The maximum Gasteiger partial charge on any atom is 0.488 e. The lowest BCUT2D eigenvalue weighted by atomic mass is 9.79. The van der Waals surface area contributed by atoms with Crippen LogP contribution in [0.5, 0.6) is 0 Å². The lowest BCUT2D eigenvalue weighted by Gasteiger charge is -2.06. The summed E-state index contributed by atoms with van der Waals surface area (Å²) in [5.41, 5.74) is 1.31. The summed E-state index contributed by atoms with van der Waals surface area (Å²) in [7, 11) is -1.57. The molecule has 0 aliphatic heterocycles. The zero-order chi connectivity index (χ0) is 11.5. The number of rotatable bonds is 2. The third-order valence-corrected chi connectivity index (χ3v) is 2.22. The number of hydrogen-bond donors (Lipinski definition) is 2. The molecule has 6 heteroatoms. The van der Waals surface area contributed by atoms with Crippen LogP contribution in [0.1, 0.15) is 5.56 Å². The molecule has 2 aromatic rings. The monoisotopic (exact) mass is 213 g/mol. The molecule has 1 aromatic heterocycles. The van der Waals surface area contributed by atoms with Crippen molar-refractivity contribution in [2.75, 3.05) is 0 Å². The lowest BCUT2D eigenvalue weighted by Crippen LogP contribution is -2.30. The Hall–Kier alpha value is -2.10. The normalized spacial score (nSPS) is 9.81. The van der Waals surface area contributed by atoms with Crippen LogP contribution in [0.2, 0.25) is 0 Å². The third kappa shape index (κ3) is 1.82. The summed E-state index contributed by atoms with van der Waals surface area (Å²) in [6, 6.07) is 6.66. The van der Waals surface area contributed by atoms with Gasteiger partial charge >= 0.3 is 7.12 Å². The first kappa shape index (κ1) is 10.4. The largest absolute Gasteiger partial charge is 0.488 e. The van der Waals surface area contributed by atoms with Crippen molar-refractivity contribution in [3.63, 3.8) is 0 Å². The average molecular weight is 213 g/mol. The van der Waals surface area contributed by atoms with Crippen LogP contribution in [0.3, 0.4) is 0 Å². The van der Waals surface area contributed by atoms with Gasteiger partial charge in [-0.05, 0) is 17.6 Å². The van der Waals surface area contributed by atoms with E-state index in [1.54, 1.807) is 35.4 Å². The highest BCUT2D eigenvalue weighted by molar-refractivity contribution is 6.58. The lowest BCUT2D eigenvalue weighted by molar-refractivity contribution is 0.426. The molecular weight excluding hydrogens is 205 g/mol. The summed E-state index contributed by atoms with van der Waals surface area (Å²) in [5.74, 6) is 0. The summed E-state index contributed by atoms with van der Waals surface area (Å²) < 4.78 is 1.69. The van der Waals surface area contributed by atoms with Gasteiger partial charge in [0.1, 0.15) is 6.07 Å². The first-order valence-electron chi connectivity index (χ1n) is 4.61. The Morgan fingerprint density at radius 3 is 2.75 bits per heavy atom. The van der Waals surface area contributed by atoms with Crippen molar-refractivity contribution < 1.29 is 10.0 Å². The van der Waals surface area contributed by atoms with E-state index < -0.39 is 7.12 Å². The van der Waals surface area contributed by atoms with Gasteiger partial charge in [-0.15, -0.1) is 0 Å². The van der Waals surface area contributed by atoms with Gasteiger partial charge in [0.15, 0.2) is 0 Å². The first-order valence-corrected chi connectivity index (χ1v) is 4.61. The highest BCUT2D eigenvalue weighted by atomic mass is 16.4. The predicted octanol–water partition coefficient (Wildman–Crippen LogP) is -0.576. The Kier molecular flexibility index (Phi) is 2.73. The van der Waals surface area contributed by atoms with Crippen molar-refractivity contribution in [3.8, 4) is 11.8 Å². The van der Waals surface area contributed by atoms with Crippen molar-refractivity contribution in [2.45, 2.75) is 0 Å². The minimum absolute atomic E-state index is 0.292. The fourth-order valence-corrected chi connectivity index (χ4v) is 1.43. The highest BCUT2D eigenvalue weighted by Gasteiger charge is 2.13. The highest BCUT2D eigenvalue weighted by Crippen LogP contribution is 2.11. The first-order chi connectivity index (χ1) is 7.72. The van der Waals surface area contributed by atoms with Crippen molar-refractivity contribution in [3.05, 3.63) is 42.5 Å². The van der Waals surface area contributed by atoms with Crippen molar-refractivity contribution in [1.82, 2.24) is 9.55 Å². The van der Waals surface area contributed by atoms with Crippen molar-refractivity contribution in [2.24, 2.45) is 0 Å². The maximum atomic E-state index is 8.99. The second-order valence-electron chi connectivity index (χ2n) is 3.23. The van der Waals surface area contributed by atoms with Gasteiger partial charge in [0.2, 0.25) is 0 Å². The molecule has 78 valence electrons. The molecule has 0 atom stereocenters. The summed E-state index contributed by atoms with van der Waals surface area (Å²) in [6.07, 6.45) is 4.90. The minimum Gasteiger partial charge on any atom is -0.423 e. The van der Waals surface area contributed by atoms with Gasteiger partial charge in [-0.1, -0.05) is 6.07 Å². The van der Waals surface area contributed by atoms with Gasteiger partial charge in [-0.25, -0.2) is 4.98 Å². The summed E-state index contributed by atoms with van der Waals surface area (Å²) in [4.78, 5) is 3.89. The second-order valence-corrected chi connectivity index (χ2v) is 3.23. The van der Waals surface area contributed by atoms with Crippen LogP contribution in [0.4, 0.5) is 0 Å². The van der Waals surface area contributed by atoms with E-state index in [-0.39, 0.29) is 0 Å². The van der Waals surface area contributed by atoms with Crippen LogP contribution in [0, 0.1) is 11.3 Å². The molecule has 1 heterocycles. The van der Waals surface area contributed by atoms with Gasteiger partial charge in [-0.3, -0.25) is 0 Å². The molecule has 0 aliphatic carbocycles. The summed E-state index contributed by atoms with van der Waals surface area (Å²) in [5, 5.41) is 27.0. The Labute approximate surface area is 92.4 Å². The molecule has 0 saturated heterocycles. The van der Waals surface area contributed by atoms with Gasteiger partial charge < -0.3 is 14.6 Å². The van der Waals surface area contributed by atoms with E-state index in [9.17, 15) is 0 Å². The molecule has 1 aromatic carbocycles. The molecule has 5 nitrogen and oxygen atoms in total. The van der Waals surface area contributed by atoms with Crippen LogP contribution in [0.15, 0.2) is 36.9 Å². The van der Waals surface area contributed by atoms with Crippen LogP contribution >= 0.6 is 0 Å². The Morgan fingerprint density at radius 1 is 1.38 bits per heavy atom. The molecule has 0 saturated carbocycles. The third-order valence-electron chi connectivity index (χ3n) is 2.22. The van der Waals surface area contributed by atoms with E-state index in [1.165, 1.54) is 6.07 Å².